The van der Waals surface area contributed by atoms with Crippen LogP contribution in [0.15, 0.2) is 0 Å². The van der Waals surface area contributed by atoms with E-state index in [1.165, 1.54) is 5.56 Å². The van der Waals surface area contributed by atoms with Crippen LogP contribution in [0.4, 0.5) is 0 Å². The summed E-state index contributed by atoms with van der Waals surface area (Å²) in [6, 6.07) is 2.28. The number of hydrogen-bond donors (Lipinski definition) is 1. The fourth-order valence-corrected chi connectivity index (χ4v) is 2.50. The molecule has 92 valence electrons. The molecule has 1 fully saturated rings. The van der Waals surface area contributed by atoms with Gasteiger partial charge in [-0.3, -0.25) is 4.68 Å². The van der Waals surface area contributed by atoms with Crippen LogP contribution in [0.1, 0.15) is 36.7 Å². The third-order valence-electron chi connectivity index (χ3n) is 3.81. The minimum atomic E-state index is -0.742. The Morgan fingerprint density at radius 2 is 2.18 bits per heavy atom. The van der Waals surface area contributed by atoms with Gasteiger partial charge in [0.05, 0.1) is 18.3 Å². The van der Waals surface area contributed by atoms with Crippen LogP contribution in [0.2, 0.25) is 0 Å². The summed E-state index contributed by atoms with van der Waals surface area (Å²) in [5, 5.41) is 13.8. The van der Waals surface area contributed by atoms with Gasteiger partial charge in [-0.05, 0) is 44.6 Å². The molecule has 1 aliphatic rings. The van der Waals surface area contributed by atoms with Gasteiger partial charge in [0.2, 0.25) is 0 Å². The molecule has 1 unspecified atom stereocenters. The van der Waals surface area contributed by atoms with E-state index in [4.69, 9.17) is 5.73 Å². The largest absolute Gasteiger partial charge is 0.312 e. The summed E-state index contributed by atoms with van der Waals surface area (Å²) >= 11 is 0. The summed E-state index contributed by atoms with van der Waals surface area (Å²) in [6.45, 7) is 6.72. The fourth-order valence-electron chi connectivity index (χ4n) is 2.50. The van der Waals surface area contributed by atoms with E-state index >= 15 is 0 Å². The molecule has 1 saturated carbocycles. The molecule has 1 aromatic rings. The molecule has 4 nitrogen and oxygen atoms in total. The Morgan fingerprint density at radius 3 is 2.59 bits per heavy atom. The quantitative estimate of drug-likeness (QED) is 0.859. The predicted octanol–water partition coefficient (Wildman–Crippen LogP) is 1.69. The summed E-state index contributed by atoms with van der Waals surface area (Å²) in [7, 11) is 0. The molecule has 2 rings (SSSR count). The van der Waals surface area contributed by atoms with Gasteiger partial charge in [-0.25, -0.2) is 0 Å². The Kier molecular flexibility index (Phi) is 2.96. The van der Waals surface area contributed by atoms with Crippen molar-refractivity contribution in [3.8, 4) is 6.07 Å². The highest BCUT2D eigenvalue weighted by Gasteiger charge is 2.43. The highest BCUT2D eigenvalue weighted by atomic mass is 15.3. The summed E-state index contributed by atoms with van der Waals surface area (Å²) < 4.78 is 1.91. The molecule has 1 atom stereocenters. The van der Waals surface area contributed by atoms with Crippen LogP contribution in [0.25, 0.3) is 0 Å². The van der Waals surface area contributed by atoms with Crippen molar-refractivity contribution in [2.75, 3.05) is 0 Å². The molecule has 0 aromatic carbocycles. The van der Waals surface area contributed by atoms with Gasteiger partial charge in [-0.1, -0.05) is 6.92 Å². The van der Waals surface area contributed by atoms with Gasteiger partial charge in [0.15, 0.2) is 0 Å². The van der Waals surface area contributed by atoms with E-state index in [2.05, 4.69) is 25.0 Å². The van der Waals surface area contributed by atoms with Crippen LogP contribution < -0.4 is 5.73 Å². The van der Waals surface area contributed by atoms with Crippen LogP contribution in [0.3, 0.4) is 0 Å². The molecule has 0 bridgehead atoms. The molecule has 0 spiro atoms. The molecule has 1 heterocycles. The van der Waals surface area contributed by atoms with E-state index in [0.717, 1.165) is 30.7 Å². The summed E-state index contributed by atoms with van der Waals surface area (Å²) in [5.74, 6) is 0.349. The van der Waals surface area contributed by atoms with E-state index in [1.54, 1.807) is 0 Å². The number of nitriles is 1. The topological polar surface area (TPSA) is 67.6 Å². The molecule has 0 amide bonds. The number of hydrogen-bond acceptors (Lipinski definition) is 3. The second kappa shape index (κ2) is 4.15. The average Bonchev–Trinajstić information content (AvgIpc) is 3.09. The predicted molar refractivity (Wildman–Crippen MR) is 66.3 cm³/mol. The smallest absolute Gasteiger partial charge is 0.126 e. The summed E-state index contributed by atoms with van der Waals surface area (Å²) in [6.07, 6.45) is 3.12. The number of aromatic nitrogens is 2. The minimum absolute atomic E-state index is 0.349. The van der Waals surface area contributed by atoms with E-state index < -0.39 is 5.54 Å². The maximum Gasteiger partial charge on any atom is 0.126 e. The van der Waals surface area contributed by atoms with Gasteiger partial charge >= 0.3 is 0 Å². The zero-order valence-electron chi connectivity index (χ0n) is 10.8. The Balaban J connectivity index is 2.27. The molecular formula is C13H20N4. The molecule has 1 aliphatic carbocycles. The zero-order valence-corrected chi connectivity index (χ0v) is 10.8. The number of aryl methyl sites for hydroxylation is 1. The Labute approximate surface area is 102 Å². The van der Waals surface area contributed by atoms with Gasteiger partial charge < -0.3 is 5.73 Å². The van der Waals surface area contributed by atoms with Crippen molar-refractivity contribution in [2.24, 2.45) is 11.7 Å². The van der Waals surface area contributed by atoms with Crippen molar-refractivity contribution in [3.63, 3.8) is 0 Å². The molecule has 1 aromatic heterocycles. The number of rotatable bonds is 4. The molecule has 0 radical (unpaired) electrons. The van der Waals surface area contributed by atoms with E-state index in [0.29, 0.717) is 12.5 Å². The van der Waals surface area contributed by atoms with Gasteiger partial charge in [-0.15, -0.1) is 0 Å². The van der Waals surface area contributed by atoms with Crippen LogP contribution in [-0.4, -0.2) is 15.3 Å². The molecule has 4 heteroatoms. The molecule has 17 heavy (non-hydrogen) atoms. The maximum absolute atomic E-state index is 9.27. The summed E-state index contributed by atoms with van der Waals surface area (Å²) in [4.78, 5) is 0. The third-order valence-corrected chi connectivity index (χ3v) is 3.81. The highest BCUT2D eigenvalue weighted by molar-refractivity contribution is 5.25. The first kappa shape index (κ1) is 12.1. The lowest BCUT2D eigenvalue weighted by Crippen LogP contribution is -2.45. The highest BCUT2D eigenvalue weighted by Crippen LogP contribution is 2.39. The lowest BCUT2D eigenvalue weighted by Gasteiger charge is -2.21. The SMILES string of the molecule is CCc1c(C)nn(CC(N)(C#N)C2CC2)c1C. The molecular weight excluding hydrogens is 212 g/mol. The molecule has 0 saturated heterocycles. The summed E-state index contributed by atoms with van der Waals surface area (Å²) in [5.41, 5.74) is 8.92. The van der Waals surface area contributed by atoms with Gasteiger partial charge in [0, 0.05) is 5.69 Å². The van der Waals surface area contributed by atoms with Crippen molar-refractivity contribution < 1.29 is 0 Å². The Hall–Kier alpha value is -1.34. The first-order chi connectivity index (χ1) is 8.01. The monoisotopic (exact) mass is 232 g/mol. The fraction of sp³-hybridized carbons (Fsp3) is 0.692. The van der Waals surface area contributed by atoms with E-state index in [9.17, 15) is 5.26 Å². The van der Waals surface area contributed by atoms with E-state index in [1.807, 2.05) is 11.6 Å². The second-order valence-corrected chi connectivity index (χ2v) is 5.09. The van der Waals surface area contributed by atoms with Gasteiger partial charge in [0.25, 0.3) is 0 Å². The van der Waals surface area contributed by atoms with Gasteiger partial charge in [0.1, 0.15) is 5.54 Å². The van der Waals surface area contributed by atoms with Crippen LogP contribution in [0, 0.1) is 31.1 Å². The second-order valence-electron chi connectivity index (χ2n) is 5.09. The standard InChI is InChI=1S/C13H20N4/c1-4-12-9(2)16-17(10(12)3)8-13(15,7-14)11-5-6-11/h11H,4-6,8,15H2,1-3H3. The Morgan fingerprint density at radius 1 is 1.53 bits per heavy atom. The van der Waals surface area contributed by atoms with Crippen LogP contribution >= 0.6 is 0 Å². The van der Waals surface area contributed by atoms with Crippen LogP contribution in [-0.2, 0) is 13.0 Å². The lowest BCUT2D eigenvalue weighted by atomic mass is 9.96. The first-order valence-corrected chi connectivity index (χ1v) is 6.25. The Bertz CT molecular complexity index is 464. The van der Waals surface area contributed by atoms with E-state index in [-0.39, 0.29) is 0 Å². The number of nitrogens with zero attached hydrogens (tertiary/aromatic N) is 3. The van der Waals surface area contributed by atoms with Crippen molar-refractivity contribution >= 4 is 0 Å². The zero-order chi connectivity index (χ0) is 12.6. The molecule has 2 N–H and O–H groups in total. The van der Waals surface area contributed by atoms with Crippen molar-refractivity contribution in [1.82, 2.24) is 9.78 Å². The van der Waals surface area contributed by atoms with Crippen LogP contribution in [0.5, 0.6) is 0 Å². The van der Waals surface area contributed by atoms with Crippen molar-refractivity contribution in [1.29, 1.82) is 5.26 Å². The lowest BCUT2D eigenvalue weighted by molar-refractivity contribution is 0.379. The molecule has 0 aliphatic heterocycles. The first-order valence-electron chi connectivity index (χ1n) is 6.25. The van der Waals surface area contributed by atoms with Crippen molar-refractivity contribution in [2.45, 2.75) is 52.1 Å². The normalized spacial score (nSPS) is 18.8. The number of nitrogens with two attached hydrogens (primary N) is 1. The van der Waals surface area contributed by atoms with Gasteiger partial charge in [-0.2, -0.15) is 10.4 Å². The average molecular weight is 232 g/mol. The van der Waals surface area contributed by atoms with Crippen molar-refractivity contribution in [3.05, 3.63) is 17.0 Å². The minimum Gasteiger partial charge on any atom is -0.312 e. The third kappa shape index (κ3) is 2.07. The maximum atomic E-state index is 9.27.